The zero-order valence-corrected chi connectivity index (χ0v) is 17.1. The Morgan fingerprint density at radius 2 is 1.41 bits per heavy atom. The van der Waals surface area contributed by atoms with Crippen molar-refractivity contribution >= 4 is 29.3 Å². The van der Waals surface area contributed by atoms with E-state index in [0.717, 1.165) is 5.01 Å². The molecule has 0 saturated carbocycles. The van der Waals surface area contributed by atoms with Gasteiger partial charge in [-0.25, -0.2) is 9.80 Å². The molecule has 1 atom stereocenters. The molecule has 1 aliphatic heterocycles. The number of hydrogen-bond acceptors (Lipinski definition) is 5. The fourth-order valence-electron chi connectivity index (χ4n) is 3.36. The minimum atomic E-state index is -1.10. The summed E-state index contributed by atoms with van der Waals surface area (Å²) in [7, 11) is 0. The number of benzene rings is 3. The number of hydrazine groups is 1. The molecule has 1 aliphatic rings. The van der Waals surface area contributed by atoms with Gasteiger partial charge in [0.25, 0.3) is 0 Å². The summed E-state index contributed by atoms with van der Waals surface area (Å²) in [5.41, 5.74) is 4.14. The highest BCUT2D eigenvalue weighted by Crippen LogP contribution is 2.25. The van der Waals surface area contributed by atoms with Crippen molar-refractivity contribution in [2.45, 2.75) is 18.9 Å². The molecule has 1 fully saturated rings. The summed E-state index contributed by atoms with van der Waals surface area (Å²) in [6.45, 7) is 0. The molecular formula is C25H20N2O5. The van der Waals surface area contributed by atoms with Crippen LogP contribution in [0.3, 0.4) is 0 Å². The number of nitrogens with one attached hydrogen (secondary N) is 1. The predicted molar refractivity (Wildman–Crippen MR) is 117 cm³/mol. The topological polar surface area (TPSA) is 92.8 Å². The van der Waals surface area contributed by atoms with E-state index in [1.165, 1.54) is 24.3 Å². The third kappa shape index (κ3) is 4.57. The molecule has 3 aromatic rings. The van der Waals surface area contributed by atoms with Crippen LogP contribution in [0.2, 0.25) is 0 Å². The van der Waals surface area contributed by atoms with E-state index < -0.39 is 12.1 Å². The van der Waals surface area contributed by atoms with Gasteiger partial charge in [0.15, 0.2) is 6.10 Å². The Morgan fingerprint density at radius 3 is 2.06 bits per heavy atom. The Bertz CT molecular complexity index is 1140. The van der Waals surface area contributed by atoms with Gasteiger partial charge in [-0.05, 0) is 24.3 Å². The van der Waals surface area contributed by atoms with Crippen molar-refractivity contribution in [2.75, 3.05) is 5.01 Å². The standard InChI is InChI=1S/C25H20N2O5/c28-21-15-16-22(29)27(26-21)20-13-11-19(12-14-20)25(31)32-24(18-9-5-2-6-10-18)23(30)17-7-3-1-4-8-17/h1-14,24H,15-16H2,(H,26,28). The van der Waals surface area contributed by atoms with Gasteiger partial charge < -0.3 is 4.74 Å². The number of esters is 1. The van der Waals surface area contributed by atoms with E-state index in [0.29, 0.717) is 16.8 Å². The van der Waals surface area contributed by atoms with Crippen LogP contribution in [0.1, 0.15) is 45.2 Å². The number of carbonyl (C=O) groups excluding carboxylic acids is 4. The summed E-state index contributed by atoms with van der Waals surface area (Å²) in [5, 5.41) is 1.16. The average molecular weight is 428 g/mol. The summed E-state index contributed by atoms with van der Waals surface area (Å²) in [4.78, 5) is 49.6. The predicted octanol–water partition coefficient (Wildman–Crippen LogP) is 3.63. The van der Waals surface area contributed by atoms with Crippen LogP contribution in [0.15, 0.2) is 84.9 Å². The van der Waals surface area contributed by atoms with Gasteiger partial charge in [-0.2, -0.15) is 0 Å². The highest BCUT2D eigenvalue weighted by molar-refractivity contribution is 6.03. The second-order valence-electron chi connectivity index (χ2n) is 7.24. The Balaban J connectivity index is 1.55. The normalized spacial score (nSPS) is 14.4. The van der Waals surface area contributed by atoms with Gasteiger partial charge in [-0.3, -0.25) is 19.8 Å². The molecule has 3 aromatic carbocycles. The van der Waals surface area contributed by atoms with Gasteiger partial charge in [-0.15, -0.1) is 0 Å². The van der Waals surface area contributed by atoms with Crippen LogP contribution >= 0.6 is 0 Å². The van der Waals surface area contributed by atoms with Gasteiger partial charge in [0.1, 0.15) is 0 Å². The number of amides is 2. The highest BCUT2D eigenvalue weighted by Gasteiger charge is 2.27. The molecular weight excluding hydrogens is 408 g/mol. The Hall–Kier alpha value is -4.26. The van der Waals surface area contributed by atoms with Crippen molar-refractivity contribution in [2.24, 2.45) is 0 Å². The molecule has 0 aliphatic carbocycles. The van der Waals surface area contributed by atoms with Crippen LogP contribution < -0.4 is 10.4 Å². The van der Waals surface area contributed by atoms with Crippen LogP contribution in [0.4, 0.5) is 5.69 Å². The maximum Gasteiger partial charge on any atom is 0.339 e. The second kappa shape index (κ2) is 9.26. The van der Waals surface area contributed by atoms with Crippen LogP contribution in [0, 0.1) is 0 Å². The van der Waals surface area contributed by atoms with E-state index >= 15 is 0 Å². The molecule has 4 rings (SSSR count). The molecule has 1 heterocycles. The van der Waals surface area contributed by atoms with E-state index in [2.05, 4.69) is 5.43 Å². The van der Waals surface area contributed by atoms with E-state index in [1.54, 1.807) is 54.6 Å². The summed E-state index contributed by atoms with van der Waals surface area (Å²) >= 11 is 0. The summed E-state index contributed by atoms with van der Waals surface area (Å²) in [6.07, 6.45) is -0.833. The Kier molecular flexibility index (Phi) is 6.07. The molecule has 7 heteroatoms. The fourth-order valence-corrected chi connectivity index (χ4v) is 3.36. The summed E-state index contributed by atoms with van der Waals surface area (Å²) in [5.74, 6) is -1.50. The largest absolute Gasteiger partial charge is 0.445 e. The SMILES string of the molecule is O=C1CCC(=O)N(c2ccc(C(=O)OC(C(=O)c3ccccc3)c3ccccc3)cc2)N1. The van der Waals surface area contributed by atoms with Gasteiger partial charge in [0.2, 0.25) is 17.6 Å². The van der Waals surface area contributed by atoms with E-state index in [9.17, 15) is 19.2 Å². The average Bonchev–Trinajstić information content (AvgIpc) is 2.84. The lowest BCUT2D eigenvalue weighted by atomic mass is 10.00. The third-order valence-electron chi connectivity index (χ3n) is 5.04. The first-order valence-electron chi connectivity index (χ1n) is 10.1. The third-order valence-corrected chi connectivity index (χ3v) is 5.04. The van der Waals surface area contributed by atoms with Crippen molar-refractivity contribution in [1.82, 2.24) is 5.43 Å². The summed E-state index contributed by atoms with van der Waals surface area (Å²) in [6, 6.07) is 23.5. The first kappa shape index (κ1) is 21.0. The number of nitrogens with zero attached hydrogens (tertiary/aromatic N) is 1. The van der Waals surface area contributed by atoms with Gasteiger partial charge in [0.05, 0.1) is 11.3 Å². The molecule has 0 spiro atoms. The molecule has 2 amide bonds. The van der Waals surface area contributed by atoms with E-state index in [-0.39, 0.29) is 36.0 Å². The molecule has 7 nitrogen and oxygen atoms in total. The molecule has 0 aromatic heterocycles. The fraction of sp³-hybridized carbons (Fsp3) is 0.120. The maximum absolute atomic E-state index is 13.1. The van der Waals surface area contributed by atoms with Crippen LogP contribution in [-0.4, -0.2) is 23.6 Å². The lowest BCUT2D eigenvalue weighted by Gasteiger charge is -2.27. The van der Waals surface area contributed by atoms with Crippen molar-refractivity contribution in [1.29, 1.82) is 0 Å². The number of anilines is 1. The molecule has 0 bridgehead atoms. The van der Waals surface area contributed by atoms with Crippen LogP contribution in [0.5, 0.6) is 0 Å². The number of rotatable bonds is 6. The van der Waals surface area contributed by atoms with Gasteiger partial charge >= 0.3 is 5.97 Å². The van der Waals surface area contributed by atoms with Crippen molar-refractivity contribution in [3.05, 3.63) is 102 Å². The minimum absolute atomic E-state index is 0.121. The first-order valence-corrected chi connectivity index (χ1v) is 10.1. The quantitative estimate of drug-likeness (QED) is 0.478. The van der Waals surface area contributed by atoms with Gasteiger partial charge in [0, 0.05) is 24.0 Å². The zero-order valence-electron chi connectivity index (χ0n) is 17.1. The monoisotopic (exact) mass is 428 g/mol. The van der Waals surface area contributed by atoms with Crippen molar-refractivity contribution < 1.29 is 23.9 Å². The molecule has 1 unspecified atom stereocenters. The van der Waals surface area contributed by atoms with E-state index in [4.69, 9.17) is 4.74 Å². The molecule has 1 N–H and O–H groups in total. The van der Waals surface area contributed by atoms with Gasteiger partial charge in [-0.1, -0.05) is 60.7 Å². The van der Waals surface area contributed by atoms with Crippen LogP contribution in [-0.2, 0) is 14.3 Å². The first-order chi connectivity index (χ1) is 15.5. The lowest BCUT2D eigenvalue weighted by Crippen LogP contribution is -2.50. The minimum Gasteiger partial charge on any atom is -0.445 e. The molecule has 32 heavy (non-hydrogen) atoms. The highest BCUT2D eigenvalue weighted by atomic mass is 16.5. The van der Waals surface area contributed by atoms with Crippen LogP contribution in [0.25, 0.3) is 0 Å². The Morgan fingerprint density at radius 1 is 0.781 bits per heavy atom. The zero-order chi connectivity index (χ0) is 22.5. The number of ether oxygens (including phenoxy) is 1. The smallest absolute Gasteiger partial charge is 0.339 e. The number of hydrogen-bond donors (Lipinski definition) is 1. The van der Waals surface area contributed by atoms with Crippen molar-refractivity contribution in [3.8, 4) is 0 Å². The molecule has 160 valence electrons. The second-order valence-corrected chi connectivity index (χ2v) is 7.24. The maximum atomic E-state index is 13.1. The Labute approximate surface area is 184 Å². The number of ketones is 1. The number of carbonyl (C=O) groups is 4. The van der Waals surface area contributed by atoms with Crippen molar-refractivity contribution in [3.63, 3.8) is 0 Å². The van der Waals surface area contributed by atoms with E-state index in [1.807, 2.05) is 6.07 Å². The lowest BCUT2D eigenvalue weighted by molar-refractivity contribution is -0.130. The molecule has 0 radical (unpaired) electrons. The number of Topliss-reactive ketones (excluding diaryl/α,β-unsaturated/α-hetero) is 1. The molecule has 1 saturated heterocycles. The summed E-state index contributed by atoms with van der Waals surface area (Å²) < 4.78 is 5.62.